The highest BCUT2D eigenvalue weighted by Crippen LogP contribution is 2.37. The van der Waals surface area contributed by atoms with Crippen LogP contribution in [0.3, 0.4) is 0 Å². The molecule has 1 amide bonds. The van der Waals surface area contributed by atoms with Gasteiger partial charge in [0.05, 0.1) is 8.81 Å². The van der Waals surface area contributed by atoms with Gasteiger partial charge in [0.1, 0.15) is 21.9 Å². The first-order chi connectivity index (χ1) is 13.1. The molecular formula is C17H16BrClF2N2O3S2. The molecule has 1 heterocycles. The molecule has 1 unspecified atom stereocenters. The molecular weight excluding hydrogens is 498 g/mol. The predicted molar refractivity (Wildman–Crippen MR) is 106 cm³/mol. The van der Waals surface area contributed by atoms with Crippen LogP contribution in [0.5, 0.6) is 0 Å². The molecule has 0 saturated heterocycles. The van der Waals surface area contributed by atoms with Crippen molar-refractivity contribution in [1.82, 2.24) is 4.31 Å². The minimum Gasteiger partial charge on any atom is -0.368 e. The summed E-state index contributed by atoms with van der Waals surface area (Å²) in [6.45, 7) is -0.534. The Balaban J connectivity index is 2.05. The Labute approximate surface area is 178 Å². The summed E-state index contributed by atoms with van der Waals surface area (Å²) < 4.78 is 55.6. The maximum atomic E-state index is 14.4. The van der Waals surface area contributed by atoms with Gasteiger partial charge in [0.2, 0.25) is 5.91 Å². The fourth-order valence-corrected chi connectivity index (χ4v) is 6.32. The lowest BCUT2D eigenvalue weighted by Crippen LogP contribution is -2.47. The van der Waals surface area contributed by atoms with Crippen molar-refractivity contribution in [2.24, 2.45) is 11.7 Å². The molecule has 0 spiro atoms. The second-order valence-corrected chi connectivity index (χ2v) is 11.3. The number of sulfonamides is 1. The smallest absolute Gasteiger partial charge is 0.253 e. The van der Waals surface area contributed by atoms with Gasteiger partial charge in [-0.2, -0.15) is 4.31 Å². The molecule has 28 heavy (non-hydrogen) atoms. The van der Waals surface area contributed by atoms with Crippen LogP contribution in [0.15, 0.2) is 32.9 Å². The molecule has 5 nitrogen and oxygen atoms in total. The van der Waals surface area contributed by atoms with Crippen molar-refractivity contribution in [3.8, 4) is 0 Å². The van der Waals surface area contributed by atoms with Gasteiger partial charge in [-0.1, -0.05) is 24.4 Å². The van der Waals surface area contributed by atoms with Crippen molar-refractivity contribution in [1.29, 1.82) is 0 Å². The third-order valence-electron chi connectivity index (χ3n) is 4.46. The normalized spacial score (nSPS) is 15.8. The third kappa shape index (κ3) is 4.73. The van der Waals surface area contributed by atoms with Crippen molar-refractivity contribution in [2.75, 3.05) is 0 Å². The molecule has 1 aromatic carbocycles. The van der Waals surface area contributed by atoms with Gasteiger partial charge >= 0.3 is 0 Å². The van der Waals surface area contributed by atoms with Crippen molar-refractivity contribution in [3.63, 3.8) is 0 Å². The van der Waals surface area contributed by atoms with E-state index in [1.165, 1.54) is 12.1 Å². The zero-order valence-electron chi connectivity index (χ0n) is 14.4. The summed E-state index contributed by atoms with van der Waals surface area (Å²) in [5.74, 6) is -2.21. The van der Waals surface area contributed by atoms with E-state index < -0.39 is 40.2 Å². The Morgan fingerprint density at radius 2 is 2.00 bits per heavy atom. The molecule has 0 radical (unpaired) electrons. The van der Waals surface area contributed by atoms with Gasteiger partial charge < -0.3 is 5.73 Å². The Kier molecular flexibility index (Phi) is 6.45. The number of rotatable bonds is 8. The monoisotopic (exact) mass is 512 g/mol. The van der Waals surface area contributed by atoms with Crippen LogP contribution in [0.4, 0.5) is 8.78 Å². The molecule has 1 aliphatic carbocycles. The van der Waals surface area contributed by atoms with E-state index in [1.54, 1.807) is 0 Å². The van der Waals surface area contributed by atoms with Crippen LogP contribution in [0.2, 0.25) is 4.34 Å². The van der Waals surface area contributed by atoms with Gasteiger partial charge in [0.25, 0.3) is 10.0 Å². The van der Waals surface area contributed by atoms with E-state index in [4.69, 9.17) is 17.3 Å². The van der Waals surface area contributed by atoms with Crippen LogP contribution in [0, 0.1) is 17.6 Å². The molecule has 0 aliphatic heterocycles. The van der Waals surface area contributed by atoms with Gasteiger partial charge in [-0.05, 0) is 52.5 Å². The topological polar surface area (TPSA) is 80.5 Å². The Morgan fingerprint density at radius 3 is 2.54 bits per heavy atom. The lowest BCUT2D eigenvalue weighted by Gasteiger charge is -2.28. The van der Waals surface area contributed by atoms with E-state index in [1.807, 2.05) is 0 Å². The molecule has 1 aliphatic rings. The van der Waals surface area contributed by atoms with Crippen LogP contribution >= 0.6 is 38.9 Å². The average molecular weight is 514 g/mol. The lowest BCUT2D eigenvalue weighted by atomic mass is 10.1. The van der Waals surface area contributed by atoms with Crippen molar-refractivity contribution in [3.05, 3.63) is 50.3 Å². The van der Waals surface area contributed by atoms with E-state index >= 15 is 0 Å². The van der Waals surface area contributed by atoms with Crippen LogP contribution in [-0.2, 0) is 21.4 Å². The summed E-state index contributed by atoms with van der Waals surface area (Å²) in [5, 5.41) is 0. The number of carbonyl (C=O) groups excluding carboxylic acids is 1. The highest BCUT2D eigenvalue weighted by Gasteiger charge is 2.39. The van der Waals surface area contributed by atoms with Crippen LogP contribution in [0.1, 0.15) is 24.8 Å². The summed E-state index contributed by atoms with van der Waals surface area (Å²) in [6.07, 6.45) is 1.96. The van der Waals surface area contributed by atoms with Gasteiger partial charge in [-0.3, -0.25) is 4.79 Å². The minimum absolute atomic E-state index is 0.0855. The second kappa shape index (κ2) is 8.35. The predicted octanol–water partition coefficient (Wildman–Crippen LogP) is 4.29. The molecule has 11 heteroatoms. The van der Waals surface area contributed by atoms with Gasteiger partial charge in [0.15, 0.2) is 0 Å². The van der Waals surface area contributed by atoms with Crippen LogP contribution < -0.4 is 5.73 Å². The molecule has 1 fully saturated rings. The maximum absolute atomic E-state index is 14.4. The number of carbonyl (C=O) groups is 1. The average Bonchev–Trinajstić information content (AvgIpc) is 3.32. The van der Waals surface area contributed by atoms with Gasteiger partial charge in [0, 0.05) is 12.1 Å². The third-order valence-corrected chi connectivity index (χ3v) is 8.62. The van der Waals surface area contributed by atoms with Gasteiger partial charge in [-0.25, -0.2) is 17.2 Å². The number of hydrogen-bond donors (Lipinski definition) is 1. The molecule has 2 N–H and O–H groups in total. The van der Waals surface area contributed by atoms with Crippen LogP contribution in [0.25, 0.3) is 0 Å². The molecule has 1 atom stereocenters. The highest BCUT2D eigenvalue weighted by molar-refractivity contribution is 9.10. The fourth-order valence-electron chi connectivity index (χ4n) is 2.81. The lowest BCUT2D eigenvalue weighted by molar-refractivity contribution is -0.122. The van der Waals surface area contributed by atoms with E-state index in [0.29, 0.717) is 0 Å². The van der Waals surface area contributed by atoms with Crippen molar-refractivity contribution >= 4 is 54.8 Å². The molecule has 152 valence electrons. The van der Waals surface area contributed by atoms with E-state index in [-0.39, 0.29) is 30.9 Å². The quantitative estimate of drug-likeness (QED) is 0.535. The van der Waals surface area contributed by atoms with Crippen molar-refractivity contribution in [2.45, 2.75) is 36.1 Å². The summed E-state index contributed by atoms with van der Waals surface area (Å²) in [6, 6.07) is 3.36. The highest BCUT2D eigenvalue weighted by atomic mass is 79.9. The van der Waals surface area contributed by atoms with E-state index in [2.05, 4.69) is 15.9 Å². The van der Waals surface area contributed by atoms with Gasteiger partial charge in [-0.15, -0.1) is 11.3 Å². The fraction of sp³-hybridized carbons (Fsp3) is 0.353. The summed E-state index contributed by atoms with van der Waals surface area (Å²) in [5.41, 5.74) is 5.30. The minimum atomic E-state index is -4.21. The van der Waals surface area contributed by atoms with Crippen molar-refractivity contribution < 1.29 is 22.0 Å². The summed E-state index contributed by atoms with van der Waals surface area (Å²) in [7, 11) is -4.21. The molecule has 1 aromatic heterocycles. The first kappa shape index (κ1) is 21.6. The summed E-state index contributed by atoms with van der Waals surface area (Å²) >= 11 is 9.56. The number of halogens is 4. The number of nitrogens with two attached hydrogens (primary N) is 1. The Hall–Kier alpha value is -1.07. The zero-order chi connectivity index (χ0) is 20.6. The number of thiophene rings is 1. The first-order valence-electron chi connectivity index (χ1n) is 8.29. The number of nitrogens with zero attached hydrogens (tertiary/aromatic N) is 1. The molecule has 3 rings (SSSR count). The molecule has 2 aromatic rings. The number of benzene rings is 1. The standard InChI is InChI=1S/C17H16BrClF2N2O3S2/c18-11-7-12(20)10(6-13(11)21)8-23(14(17(22)24)5-9-1-2-9)28(25,26)16-4-3-15(19)27-16/h3-4,6-7,9,14H,1-2,5,8H2,(H2,22,24). The Bertz CT molecular complexity index is 1010. The van der Waals surface area contributed by atoms with Crippen LogP contribution in [-0.4, -0.2) is 24.7 Å². The second-order valence-electron chi connectivity index (χ2n) is 6.56. The Morgan fingerprint density at radius 1 is 1.32 bits per heavy atom. The molecule has 1 saturated carbocycles. The first-order valence-corrected chi connectivity index (χ1v) is 11.7. The SMILES string of the molecule is NC(=O)C(CC1CC1)N(Cc1cc(F)c(Br)cc1F)S(=O)(=O)c1ccc(Cl)s1. The largest absolute Gasteiger partial charge is 0.368 e. The number of primary amides is 1. The number of amides is 1. The van der Waals surface area contributed by atoms with E-state index in [9.17, 15) is 22.0 Å². The molecule has 0 bridgehead atoms. The van der Waals surface area contributed by atoms with E-state index in [0.717, 1.165) is 40.6 Å². The maximum Gasteiger partial charge on any atom is 0.253 e. The zero-order valence-corrected chi connectivity index (χ0v) is 18.3. The number of hydrogen-bond acceptors (Lipinski definition) is 4. The summed E-state index contributed by atoms with van der Waals surface area (Å²) in [4.78, 5) is 12.1.